The van der Waals surface area contributed by atoms with Crippen LogP contribution in [0.5, 0.6) is 11.5 Å². The monoisotopic (exact) mass is 572 g/mol. The molecule has 10 nitrogen and oxygen atoms in total. The SMILES string of the molecule is CCOc1ccc(N(C(C)C(=O)N/N=C/c2ccc(OCC(=O)Nc3cccc(Cl)c3)cc2)S(C)(=O)=O)cc1. The van der Waals surface area contributed by atoms with Gasteiger partial charge in [0, 0.05) is 10.7 Å². The average molecular weight is 573 g/mol. The fraction of sp³-hybridized carbons (Fsp3) is 0.222. The van der Waals surface area contributed by atoms with E-state index >= 15 is 0 Å². The van der Waals surface area contributed by atoms with Gasteiger partial charge in [0.05, 0.1) is 24.8 Å². The van der Waals surface area contributed by atoms with Crippen LogP contribution in [0.1, 0.15) is 19.4 Å². The molecule has 0 aliphatic heterocycles. The number of anilines is 2. The lowest BCUT2D eigenvalue weighted by Gasteiger charge is -2.27. The zero-order valence-corrected chi connectivity index (χ0v) is 23.2. The molecule has 0 aliphatic rings. The van der Waals surface area contributed by atoms with E-state index in [0.717, 1.165) is 10.6 Å². The lowest BCUT2D eigenvalue weighted by Crippen LogP contribution is -2.46. The molecule has 2 amide bonds. The Bertz CT molecular complexity index is 1410. The summed E-state index contributed by atoms with van der Waals surface area (Å²) in [4.78, 5) is 24.8. The summed E-state index contributed by atoms with van der Waals surface area (Å²) in [5, 5.41) is 7.14. The third-order valence-corrected chi connectivity index (χ3v) is 6.71. The summed E-state index contributed by atoms with van der Waals surface area (Å²) >= 11 is 5.91. The van der Waals surface area contributed by atoms with Crippen LogP contribution < -0.4 is 24.5 Å². The number of carbonyl (C=O) groups excluding carboxylic acids is 2. The fourth-order valence-corrected chi connectivity index (χ4v) is 4.86. The highest BCUT2D eigenvalue weighted by Gasteiger charge is 2.29. The van der Waals surface area contributed by atoms with E-state index in [1.807, 2.05) is 6.92 Å². The summed E-state index contributed by atoms with van der Waals surface area (Å²) in [5.41, 5.74) is 3.91. The number of benzene rings is 3. The molecule has 1 unspecified atom stereocenters. The normalized spacial score (nSPS) is 12.0. The van der Waals surface area contributed by atoms with Gasteiger partial charge in [-0.2, -0.15) is 5.10 Å². The predicted molar refractivity (Wildman–Crippen MR) is 152 cm³/mol. The Morgan fingerprint density at radius 1 is 1.03 bits per heavy atom. The van der Waals surface area contributed by atoms with Crippen molar-refractivity contribution in [2.75, 3.05) is 29.1 Å². The number of nitrogens with one attached hydrogen (secondary N) is 2. The lowest BCUT2D eigenvalue weighted by atomic mass is 10.2. The van der Waals surface area contributed by atoms with E-state index in [1.54, 1.807) is 72.8 Å². The summed E-state index contributed by atoms with van der Waals surface area (Å²) < 4.78 is 36.8. The number of carbonyl (C=O) groups is 2. The van der Waals surface area contributed by atoms with Crippen molar-refractivity contribution in [1.29, 1.82) is 0 Å². The Morgan fingerprint density at radius 2 is 1.67 bits per heavy atom. The first kappa shape index (κ1) is 29.5. The summed E-state index contributed by atoms with van der Waals surface area (Å²) in [5.74, 6) is 0.100. The van der Waals surface area contributed by atoms with Crippen molar-refractivity contribution in [3.8, 4) is 11.5 Å². The molecule has 0 radical (unpaired) electrons. The third kappa shape index (κ3) is 9.01. The minimum absolute atomic E-state index is 0.195. The molecule has 0 bridgehead atoms. The van der Waals surface area contributed by atoms with Crippen molar-refractivity contribution in [1.82, 2.24) is 5.43 Å². The lowest BCUT2D eigenvalue weighted by molar-refractivity contribution is -0.121. The number of amides is 2. The van der Waals surface area contributed by atoms with E-state index in [4.69, 9.17) is 21.1 Å². The molecule has 0 aliphatic carbocycles. The average Bonchev–Trinajstić information content (AvgIpc) is 2.88. The molecule has 2 N–H and O–H groups in total. The molecule has 3 aromatic rings. The molecule has 3 aromatic carbocycles. The third-order valence-electron chi connectivity index (χ3n) is 5.24. The van der Waals surface area contributed by atoms with Gasteiger partial charge < -0.3 is 14.8 Å². The molecule has 1 atom stereocenters. The number of ether oxygens (including phenoxy) is 2. The van der Waals surface area contributed by atoms with E-state index in [2.05, 4.69) is 15.8 Å². The maximum absolute atomic E-state index is 12.7. The minimum atomic E-state index is -3.77. The standard InChI is InChI=1S/C27H29ClN4O6S/c1-4-37-24-14-10-23(11-15-24)32(39(3,35)36)19(2)27(34)31-29-17-20-8-12-25(13-9-20)38-18-26(33)30-22-7-5-6-21(28)16-22/h5-17,19H,4,18H2,1-3H3,(H,30,33)(H,31,34)/b29-17+. The van der Waals surface area contributed by atoms with Gasteiger partial charge in [0.25, 0.3) is 11.8 Å². The Balaban J connectivity index is 1.54. The highest BCUT2D eigenvalue weighted by Crippen LogP contribution is 2.24. The van der Waals surface area contributed by atoms with Gasteiger partial charge in [-0.1, -0.05) is 17.7 Å². The quantitative estimate of drug-likeness (QED) is 0.249. The first-order valence-corrected chi connectivity index (χ1v) is 14.1. The largest absolute Gasteiger partial charge is 0.494 e. The van der Waals surface area contributed by atoms with Crippen LogP contribution in [0.4, 0.5) is 11.4 Å². The van der Waals surface area contributed by atoms with Gasteiger partial charge in [-0.15, -0.1) is 0 Å². The van der Waals surface area contributed by atoms with Crippen molar-refractivity contribution in [2.24, 2.45) is 5.10 Å². The number of sulfonamides is 1. The van der Waals surface area contributed by atoms with Gasteiger partial charge in [0.1, 0.15) is 17.5 Å². The Labute approximate surface area is 232 Å². The molecule has 3 rings (SSSR count). The summed E-state index contributed by atoms with van der Waals surface area (Å²) in [6.07, 6.45) is 2.43. The van der Waals surface area contributed by atoms with E-state index in [1.165, 1.54) is 13.1 Å². The second-order valence-corrected chi connectivity index (χ2v) is 10.6. The number of hydrazone groups is 1. The van der Waals surface area contributed by atoms with Crippen LogP contribution in [0.15, 0.2) is 77.9 Å². The van der Waals surface area contributed by atoms with Gasteiger partial charge in [0.15, 0.2) is 6.61 Å². The van der Waals surface area contributed by atoms with Crippen LogP contribution in [0.2, 0.25) is 5.02 Å². The van der Waals surface area contributed by atoms with Crippen molar-refractivity contribution < 1.29 is 27.5 Å². The summed E-state index contributed by atoms with van der Waals surface area (Å²) in [6.45, 7) is 3.59. The molecular weight excluding hydrogens is 544 g/mol. The topological polar surface area (TPSA) is 126 Å². The van der Waals surface area contributed by atoms with E-state index in [9.17, 15) is 18.0 Å². The molecule has 0 fully saturated rings. The Hall–Kier alpha value is -4.09. The Morgan fingerprint density at radius 3 is 2.28 bits per heavy atom. The highest BCUT2D eigenvalue weighted by molar-refractivity contribution is 7.92. The maximum atomic E-state index is 12.7. The smallest absolute Gasteiger partial charge is 0.263 e. The molecule has 206 valence electrons. The van der Waals surface area contributed by atoms with Crippen molar-refractivity contribution in [2.45, 2.75) is 19.9 Å². The van der Waals surface area contributed by atoms with Gasteiger partial charge in [-0.25, -0.2) is 13.8 Å². The molecular formula is C27H29ClN4O6S. The fourth-order valence-electron chi connectivity index (χ4n) is 3.49. The van der Waals surface area contributed by atoms with Crippen LogP contribution in [-0.4, -0.2) is 52.0 Å². The van der Waals surface area contributed by atoms with Crippen LogP contribution >= 0.6 is 11.6 Å². The second-order valence-electron chi connectivity index (χ2n) is 8.31. The summed E-state index contributed by atoms with van der Waals surface area (Å²) in [7, 11) is -3.77. The van der Waals surface area contributed by atoms with Gasteiger partial charge >= 0.3 is 0 Å². The first-order valence-electron chi connectivity index (χ1n) is 11.9. The first-order chi connectivity index (χ1) is 18.6. The summed E-state index contributed by atoms with van der Waals surface area (Å²) in [6, 6.07) is 18.8. The van der Waals surface area contributed by atoms with Gasteiger partial charge in [-0.3, -0.25) is 13.9 Å². The number of nitrogens with zero attached hydrogens (tertiary/aromatic N) is 2. The Kier molecular flexibility index (Phi) is 10.3. The van der Waals surface area contributed by atoms with Gasteiger partial charge in [0.2, 0.25) is 10.0 Å². The van der Waals surface area contributed by atoms with E-state index < -0.39 is 22.0 Å². The number of halogens is 1. The molecule has 0 spiro atoms. The molecule has 0 aromatic heterocycles. The van der Waals surface area contributed by atoms with Crippen LogP contribution in [-0.2, 0) is 19.6 Å². The maximum Gasteiger partial charge on any atom is 0.263 e. The number of hydrogen-bond donors (Lipinski definition) is 2. The van der Waals surface area contributed by atoms with Crippen molar-refractivity contribution in [3.05, 3.63) is 83.4 Å². The predicted octanol–water partition coefficient (Wildman–Crippen LogP) is 4.06. The molecule has 0 saturated heterocycles. The molecule has 12 heteroatoms. The van der Waals surface area contributed by atoms with Crippen LogP contribution in [0, 0.1) is 0 Å². The van der Waals surface area contributed by atoms with E-state index in [-0.39, 0.29) is 12.5 Å². The minimum Gasteiger partial charge on any atom is -0.494 e. The zero-order valence-electron chi connectivity index (χ0n) is 21.6. The number of hydrogen-bond acceptors (Lipinski definition) is 7. The van der Waals surface area contributed by atoms with Crippen molar-refractivity contribution >= 4 is 51.0 Å². The zero-order chi connectivity index (χ0) is 28.4. The molecule has 0 saturated carbocycles. The number of rotatable bonds is 12. The van der Waals surface area contributed by atoms with E-state index in [0.29, 0.717) is 40.1 Å². The van der Waals surface area contributed by atoms with Crippen LogP contribution in [0.25, 0.3) is 0 Å². The van der Waals surface area contributed by atoms with Gasteiger partial charge in [-0.05, 0) is 86.1 Å². The molecule has 0 heterocycles. The highest BCUT2D eigenvalue weighted by atomic mass is 35.5. The molecule has 39 heavy (non-hydrogen) atoms. The van der Waals surface area contributed by atoms with Crippen LogP contribution in [0.3, 0.4) is 0 Å². The second kappa shape index (κ2) is 13.6. The van der Waals surface area contributed by atoms with Crippen molar-refractivity contribution in [3.63, 3.8) is 0 Å².